The highest BCUT2D eigenvalue weighted by Crippen LogP contribution is 2.34. The minimum atomic E-state index is -3.84. The fourth-order valence-electron chi connectivity index (χ4n) is 2.26. The number of hydrogen-bond acceptors (Lipinski definition) is 3. The molecule has 0 aromatic heterocycles. The molecule has 20 heavy (non-hydrogen) atoms. The van der Waals surface area contributed by atoms with Crippen molar-refractivity contribution in [3.05, 3.63) is 28.2 Å². The van der Waals surface area contributed by atoms with Gasteiger partial charge in [-0.3, -0.25) is 4.79 Å². The second kappa shape index (κ2) is 5.52. The van der Waals surface area contributed by atoms with E-state index in [0.29, 0.717) is 0 Å². The summed E-state index contributed by atoms with van der Waals surface area (Å²) in [5, 5.41) is 9.17. The van der Waals surface area contributed by atoms with E-state index in [-0.39, 0.29) is 33.9 Å². The molecule has 0 amide bonds. The van der Waals surface area contributed by atoms with E-state index in [1.165, 1.54) is 18.2 Å². The zero-order valence-corrected chi connectivity index (χ0v) is 12.9. The number of carboxylic acids is 1. The van der Waals surface area contributed by atoms with E-state index in [0.717, 1.165) is 4.31 Å². The Morgan fingerprint density at radius 1 is 1.35 bits per heavy atom. The molecular formula is C12H13Cl2NO4S. The summed E-state index contributed by atoms with van der Waals surface area (Å²) in [6.45, 7) is 1.82. The first kappa shape index (κ1) is 15.6. The number of rotatable bonds is 3. The zero-order chi connectivity index (χ0) is 15.1. The van der Waals surface area contributed by atoms with Crippen LogP contribution in [0.25, 0.3) is 0 Å². The lowest BCUT2D eigenvalue weighted by Crippen LogP contribution is -2.30. The number of hydrogen-bond donors (Lipinski definition) is 1. The van der Waals surface area contributed by atoms with Gasteiger partial charge in [0.15, 0.2) is 0 Å². The van der Waals surface area contributed by atoms with Gasteiger partial charge in [0, 0.05) is 13.1 Å². The van der Waals surface area contributed by atoms with Gasteiger partial charge >= 0.3 is 5.97 Å². The third kappa shape index (κ3) is 2.65. The first-order chi connectivity index (χ1) is 9.25. The zero-order valence-electron chi connectivity index (χ0n) is 10.6. The Kier molecular flexibility index (Phi) is 4.30. The smallest absolute Gasteiger partial charge is 0.308 e. The van der Waals surface area contributed by atoms with Crippen molar-refractivity contribution in [3.63, 3.8) is 0 Å². The molecule has 0 radical (unpaired) electrons. The van der Waals surface area contributed by atoms with Gasteiger partial charge in [0.25, 0.3) is 0 Å². The maximum Gasteiger partial charge on any atom is 0.308 e. The van der Waals surface area contributed by atoms with Crippen LogP contribution in [-0.4, -0.2) is 36.9 Å². The number of aliphatic carboxylic acids is 1. The highest BCUT2D eigenvalue weighted by atomic mass is 35.5. The van der Waals surface area contributed by atoms with E-state index in [2.05, 4.69) is 0 Å². The van der Waals surface area contributed by atoms with Crippen LogP contribution in [0.15, 0.2) is 23.1 Å². The predicted molar refractivity (Wildman–Crippen MR) is 75.5 cm³/mol. The van der Waals surface area contributed by atoms with Crippen LogP contribution in [0.4, 0.5) is 0 Å². The van der Waals surface area contributed by atoms with Crippen molar-refractivity contribution in [3.8, 4) is 0 Å². The van der Waals surface area contributed by atoms with Gasteiger partial charge in [-0.15, -0.1) is 0 Å². The minimum Gasteiger partial charge on any atom is -0.481 e. The second-order valence-corrected chi connectivity index (χ2v) is 7.49. The Bertz CT molecular complexity index is 647. The van der Waals surface area contributed by atoms with Crippen LogP contribution in [0, 0.1) is 11.8 Å². The van der Waals surface area contributed by atoms with Gasteiger partial charge in [-0.2, -0.15) is 4.31 Å². The van der Waals surface area contributed by atoms with Gasteiger partial charge < -0.3 is 5.11 Å². The van der Waals surface area contributed by atoms with E-state index in [1.807, 2.05) is 0 Å². The molecule has 8 heteroatoms. The Labute approximate surface area is 127 Å². The topological polar surface area (TPSA) is 74.7 Å². The predicted octanol–water partition coefficient (Wildman–Crippen LogP) is 2.33. The molecule has 0 saturated carbocycles. The second-order valence-electron chi connectivity index (χ2n) is 4.80. The van der Waals surface area contributed by atoms with Crippen LogP contribution in [0.1, 0.15) is 6.92 Å². The molecule has 1 aromatic rings. The fourth-order valence-corrected chi connectivity index (χ4v) is 4.56. The summed E-state index contributed by atoms with van der Waals surface area (Å²) in [7, 11) is -3.84. The normalized spacial score (nSPS) is 23.9. The summed E-state index contributed by atoms with van der Waals surface area (Å²) < 4.78 is 26.2. The van der Waals surface area contributed by atoms with E-state index < -0.39 is 21.9 Å². The molecule has 2 atom stereocenters. The number of nitrogens with zero attached hydrogens (tertiary/aromatic N) is 1. The number of halogens is 2. The van der Waals surface area contributed by atoms with E-state index in [1.54, 1.807) is 6.92 Å². The average Bonchev–Trinajstić information content (AvgIpc) is 2.75. The standard InChI is InChI=1S/C12H13Cl2NO4S/c1-7-5-15(6-8(7)12(16)17)20(18,19)10-4-2-3-9(13)11(10)14/h2-4,7-8H,5-6H2,1H3,(H,16,17). The van der Waals surface area contributed by atoms with Gasteiger partial charge in [0.2, 0.25) is 10.0 Å². The molecule has 0 bridgehead atoms. The van der Waals surface area contributed by atoms with Crippen molar-refractivity contribution < 1.29 is 18.3 Å². The maximum absolute atomic E-state index is 12.5. The molecule has 1 aliphatic heterocycles. The number of sulfonamides is 1. The van der Waals surface area contributed by atoms with Crippen molar-refractivity contribution in [2.75, 3.05) is 13.1 Å². The van der Waals surface area contributed by atoms with Gasteiger partial charge in [-0.25, -0.2) is 8.42 Å². The Hall–Kier alpha value is -0.820. The van der Waals surface area contributed by atoms with Crippen LogP contribution in [-0.2, 0) is 14.8 Å². The van der Waals surface area contributed by atoms with Crippen LogP contribution in [0.5, 0.6) is 0 Å². The molecule has 110 valence electrons. The van der Waals surface area contributed by atoms with Crippen molar-refractivity contribution in [1.29, 1.82) is 0 Å². The van der Waals surface area contributed by atoms with Gasteiger partial charge in [-0.05, 0) is 18.1 Å². The molecule has 1 N–H and O–H groups in total. The van der Waals surface area contributed by atoms with Crippen molar-refractivity contribution in [2.45, 2.75) is 11.8 Å². The number of carbonyl (C=O) groups is 1. The minimum absolute atomic E-state index is 0.0411. The molecule has 0 spiro atoms. The molecule has 5 nitrogen and oxygen atoms in total. The molecule has 2 unspecified atom stereocenters. The molecule has 2 rings (SSSR count). The van der Waals surface area contributed by atoms with Crippen LogP contribution >= 0.6 is 23.2 Å². The summed E-state index contributed by atoms with van der Waals surface area (Å²) in [4.78, 5) is 11.0. The summed E-state index contributed by atoms with van der Waals surface area (Å²) >= 11 is 11.8. The molecule has 1 aromatic carbocycles. The lowest BCUT2D eigenvalue weighted by atomic mass is 9.99. The highest BCUT2D eigenvalue weighted by molar-refractivity contribution is 7.89. The van der Waals surface area contributed by atoms with Crippen LogP contribution in [0.3, 0.4) is 0 Å². The first-order valence-electron chi connectivity index (χ1n) is 5.92. The molecule has 1 saturated heterocycles. The Morgan fingerprint density at radius 2 is 2.00 bits per heavy atom. The molecule has 1 fully saturated rings. The van der Waals surface area contributed by atoms with E-state index >= 15 is 0 Å². The fraction of sp³-hybridized carbons (Fsp3) is 0.417. The van der Waals surface area contributed by atoms with Gasteiger partial charge in [0.05, 0.1) is 16.0 Å². The molecule has 0 aliphatic carbocycles. The van der Waals surface area contributed by atoms with Gasteiger partial charge in [0.1, 0.15) is 4.90 Å². The molecule has 1 heterocycles. The Balaban J connectivity index is 2.38. The number of benzene rings is 1. The van der Waals surface area contributed by atoms with Crippen molar-refractivity contribution in [2.24, 2.45) is 11.8 Å². The largest absolute Gasteiger partial charge is 0.481 e. The third-order valence-electron chi connectivity index (χ3n) is 3.43. The number of carboxylic acid groups (broad SMARTS) is 1. The van der Waals surface area contributed by atoms with E-state index in [9.17, 15) is 13.2 Å². The van der Waals surface area contributed by atoms with Gasteiger partial charge in [-0.1, -0.05) is 36.2 Å². The van der Waals surface area contributed by atoms with Crippen LogP contribution < -0.4 is 0 Å². The van der Waals surface area contributed by atoms with Crippen molar-refractivity contribution in [1.82, 2.24) is 4.31 Å². The monoisotopic (exact) mass is 337 g/mol. The molecule has 1 aliphatic rings. The lowest BCUT2D eigenvalue weighted by molar-refractivity contribution is -0.142. The summed E-state index contributed by atoms with van der Waals surface area (Å²) in [6, 6.07) is 4.35. The summed E-state index contributed by atoms with van der Waals surface area (Å²) in [5.41, 5.74) is 0. The van der Waals surface area contributed by atoms with E-state index in [4.69, 9.17) is 28.3 Å². The Morgan fingerprint density at radius 3 is 2.55 bits per heavy atom. The SMILES string of the molecule is CC1CN(S(=O)(=O)c2cccc(Cl)c2Cl)CC1C(=O)O. The maximum atomic E-state index is 12.5. The highest BCUT2D eigenvalue weighted by Gasteiger charge is 2.41. The third-order valence-corrected chi connectivity index (χ3v) is 6.23. The first-order valence-corrected chi connectivity index (χ1v) is 8.11. The molecular weight excluding hydrogens is 325 g/mol. The summed E-state index contributed by atoms with van der Waals surface area (Å²) in [6.07, 6.45) is 0. The quantitative estimate of drug-likeness (QED) is 0.918. The van der Waals surface area contributed by atoms with Crippen molar-refractivity contribution >= 4 is 39.2 Å². The van der Waals surface area contributed by atoms with Crippen LogP contribution in [0.2, 0.25) is 10.0 Å². The average molecular weight is 338 g/mol. The summed E-state index contributed by atoms with van der Waals surface area (Å²) in [5.74, 6) is -1.95. The lowest BCUT2D eigenvalue weighted by Gasteiger charge is -2.17.